The standard InChI is InChI=1S/C16H20N2O2S/c1-12-8-9-14(11-13(12)2)21(19,20)18-16(3,4)15-7-5-6-10-17-15/h5-11,18H,1-4H3. The van der Waals surface area contributed by atoms with Gasteiger partial charge < -0.3 is 0 Å². The van der Waals surface area contributed by atoms with Gasteiger partial charge in [-0.15, -0.1) is 0 Å². The van der Waals surface area contributed by atoms with Crippen molar-refractivity contribution in [2.45, 2.75) is 38.1 Å². The van der Waals surface area contributed by atoms with Crippen LogP contribution in [-0.4, -0.2) is 13.4 Å². The second kappa shape index (κ2) is 5.58. The van der Waals surface area contributed by atoms with Crippen LogP contribution >= 0.6 is 0 Å². The summed E-state index contributed by atoms with van der Waals surface area (Å²) in [5.41, 5.74) is 1.92. The van der Waals surface area contributed by atoms with E-state index in [1.54, 1.807) is 38.2 Å². The van der Waals surface area contributed by atoms with Gasteiger partial charge in [0.05, 0.1) is 16.1 Å². The Bertz CT molecular complexity index is 738. The van der Waals surface area contributed by atoms with Gasteiger partial charge in [-0.25, -0.2) is 8.42 Å². The predicted octanol–water partition coefficient (Wildman–Crippen LogP) is 2.91. The molecule has 0 bridgehead atoms. The highest BCUT2D eigenvalue weighted by molar-refractivity contribution is 7.89. The van der Waals surface area contributed by atoms with E-state index < -0.39 is 15.6 Å². The topological polar surface area (TPSA) is 59.1 Å². The average molecular weight is 304 g/mol. The summed E-state index contributed by atoms with van der Waals surface area (Å²) in [5, 5.41) is 0. The van der Waals surface area contributed by atoms with Crippen LogP contribution in [0.15, 0.2) is 47.5 Å². The van der Waals surface area contributed by atoms with Gasteiger partial charge >= 0.3 is 0 Å². The highest BCUT2D eigenvalue weighted by atomic mass is 32.2. The molecule has 2 rings (SSSR count). The first kappa shape index (κ1) is 15.7. The van der Waals surface area contributed by atoms with E-state index in [9.17, 15) is 8.42 Å². The highest BCUT2D eigenvalue weighted by Crippen LogP contribution is 2.22. The van der Waals surface area contributed by atoms with E-state index in [0.29, 0.717) is 5.69 Å². The number of benzene rings is 1. The first-order valence-corrected chi connectivity index (χ1v) is 8.23. The largest absolute Gasteiger partial charge is 0.259 e. The zero-order valence-electron chi connectivity index (χ0n) is 12.7. The minimum Gasteiger partial charge on any atom is -0.259 e. The molecule has 21 heavy (non-hydrogen) atoms. The predicted molar refractivity (Wildman–Crippen MR) is 83.5 cm³/mol. The molecule has 0 radical (unpaired) electrons. The van der Waals surface area contributed by atoms with Crippen molar-refractivity contribution < 1.29 is 8.42 Å². The van der Waals surface area contributed by atoms with E-state index in [-0.39, 0.29) is 4.90 Å². The lowest BCUT2D eigenvalue weighted by Crippen LogP contribution is -2.41. The summed E-state index contributed by atoms with van der Waals surface area (Å²) in [4.78, 5) is 4.51. The number of nitrogens with one attached hydrogen (secondary N) is 1. The minimum atomic E-state index is -3.60. The lowest BCUT2D eigenvalue weighted by atomic mass is 10.0. The molecule has 0 spiro atoms. The molecule has 1 N–H and O–H groups in total. The fraction of sp³-hybridized carbons (Fsp3) is 0.312. The van der Waals surface area contributed by atoms with Crippen molar-refractivity contribution in [3.63, 3.8) is 0 Å². The highest BCUT2D eigenvalue weighted by Gasteiger charge is 2.29. The van der Waals surface area contributed by atoms with Gasteiger partial charge in [0.1, 0.15) is 0 Å². The van der Waals surface area contributed by atoms with Crippen LogP contribution in [-0.2, 0) is 15.6 Å². The van der Waals surface area contributed by atoms with Gasteiger partial charge in [-0.3, -0.25) is 4.98 Å². The number of sulfonamides is 1. The van der Waals surface area contributed by atoms with Crippen LogP contribution in [0.1, 0.15) is 30.7 Å². The third-order valence-electron chi connectivity index (χ3n) is 3.48. The maximum absolute atomic E-state index is 12.5. The zero-order chi connectivity index (χ0) is 15.7. The third-order valence-corrected chi connectivity index (χ3v) is 5.14. The number of aryl methyl sites for hydroxylation is 2. The number of rotatable bonds is 4. The summed E-state index contributed by atoms with van der Waals surface area (Å²) in [5.74, 6) is 0. The molecule has 0 atom stereocenters. The van der Waals surface area contributed by atoms with E-state index in [1.807, 2.05) is 32.0 Å². The average Bonchev–Trinajstić information content (AvgIpc) is 2.41. The van der Waals surface area contributed by atoms with Gasteiger partial charge in [0.25, 0.3) is 0 Å². The lowest BCUT2D eigenvalue weighted by Gasteiger charge is -2.25. The van der Waals surface area contributed by atoms with Crippen LogP contribution in [0.3, 0.4) is 0 Å². The molecule has 1 aromatic heterocycles. The molecule has 2 aromatic rings. The van der Waals surface area contributed by atoms with Gasteiger partial charge in [0.2, 0.25) is 10.0 Å². The summed E-state index contributed by atoms with van der Waals surface area (Å²) < 4.78 is 27.8. The van der Waals surface area contributed by atoms with Crippen molar-refractivity contribution in [1.82, 2.24) is 9.71 Å². The molecule has 112 valence electrons. The van der Waals surface area contributed by atoms with Crippen LogP contribution in [0.25, 0.3) is 0 Å². The quantitative estimate of drug-likeness (QED) is 0.945. The lowest BCUT2D eigenvalue weighted by molar-refractivity contribution is 0.460. The molecule has 0 aliphatic heterocycles. The molecule has 0 fully saturated rings. The number of pyridine rings is 1. The molecule has 0 amide bonds. The third kappa shape index (κ3) is 3.49. The normalized spacial score (nSPS) is 12.4. The van der Waals surface area contributed by atoms with Gasteiger partial charge in [-0.2, -0.15) is 4.72 Å². The first-order valence-electron chi connectivity index (χ1n) is 6.75. The van der Waals surface area contributed by atoms with E-state index >= 15 is 0 Å². The maximum Gasteiger partial charge on any atom is 0.241 e. The van der Waals surface area contributed by atoms with Crippen molar-refractivity contribution >= 4 is 10.0 Å². The van der Waals surface area contributed by atoms with Crippen molar-refractivity contribution in [3.8, 4) is 0 Å². The Hall–Kier alpha value is -1.72. The zero-order valence-corrected chi connectivity index (χ0v) is 13.5. The van der Waals surface area contributed by atoms with Crippen molar-refractivity contribution in [2.24, 2.45) is 0 Å². The van der Waals surface area contributed by atoms with Crippen LogP contribution in [0, 0.1) is 13.8 Å². The molecule has 1 aromatic carbocycles. The van der Waals surface area contributed by atoms with Crippen molar-refractivity contribution in [3.05, 3.63) is 59.4 Å². The number of hydrogen-bond acceptors (Lipinski definition) is 3. The molecular weight excluding hydrogens is 284 g/mol. The number of hydrogen-bond donors (Lipinski definition) is 1. The van der Waals surface area contributed by atoms with Crippen LogP contribution in [0.5, 0.6) is 0 Å². The molecule has 0 unspecified atom stereocenters. The molecule has 4 nitrogen and oxygen atoms in total. The smallest absolute Gasteiger partial charge is 0.241 e. The Balaban J connectivity index is 2.35. The van der Waals surface area contributed by atoms with E-state index in [2.05, 4.69) is 9.71 Å². The van der Waals surface area contributed by atoms with Gasteiger partial charge in [-0.1, -0.05) is 12.1 Å². The fourth-order valence-corrected chi connectivity index (χ4v) is 3.53. The molecule has 0 aliphatic carbocycles. The van der Waals surface area contributed by atoms with Crippen LogP contribution in [0.2, 0.25) is 0 Å². The van der Waals surface area contributed by atoms with Crippen LogP contribution in [0.4, 0.5) is 0 Å². The summed E-state index contributed by atoms with van der Waals surface area (Å²) in [7, 11) is -3.60. The van der Waals surface area contributed by atoms with Gasteiger partial charge in [0.15, 0.2) is 0 Å². The summed E-state index contributed by atoms with van der Waals surface area (Å²) in [6.07, 6.45) is 1.65. The maximum atomic E-state index is 12.5. The second-order valence-corrected chi connectivity index (χ2v) is 7.37. The molecular formula is C16H20N2O2S. The van der Waals surface area contributed by atoms with E-state index in [0.717, 1.165) is 11.1 Å². The van der Waals surface area contributed by atoms with E-state index in [4.69, 9.17) is 0 Å². The molecule has 5 heteroatoms. The summed E-state index contributed by atoms with van der Waals surface area (Å²) in [6, 6.07) is 10.6. The van der Waals surface area contributed by atoms with Gasteiger partial charge in [-0.05, 0) is 63.1 Å². The minimum absolute atomic E-state index is 0.273. The SMILES string of the molecule is Cc1ccc(S(=O)(=O)NC(C)(C)c2ccccn2)cc1C. The Labute approximate surface area is 126 Å². The molecule has 0 saturated heterocycles. The monoisotopic (exact) mass is 304 g/mol. The summed E-state index contributed by atoms with van der Waals surface area (Å²) >= 11 is 0. The molecule has 0 aliphatic rings. The summed E-state index contributed by atoms with van der Waals surface area (Å²) in [6.45, 7) is 7.46. The number of nitrogens with zero attached hydrogens (tertiary/aromatic N) is 1. The fourth-order valence-electron chi connectivity index (χ4n) is 2.06. The molecule has 1 heterocycles. The van der Waals surface area contributed by atoms with Crippen molar-refractivity contribution in [1.29, 1.82) is 0 Å². The molecule has 0 saturated carbocycles. The second-order valence-electron chi connectivity index (χ2n) is 5.69. The van der Waals surface area contributed by atoms with Crippen LogP contribution < -0.4 is 4.72 Å². The Morgan fingerprint density at radius 1 is 1.05 bits per heavy atom. The Kier molecular flexibility index (Phi) is 4.16. The Morgan fingerprint density at radius 3 is 2.33 bits per heavy atom. The number of aromatic nitrogens is 1. The van der Waals surface area contributed by atoms with Gasteiger partial charge in [0, 0.05) is 6.20 Å². The first-order chi connectivity index (χ1) is 9.72. The Morgan fingerprint density at radius 2 is 1.76 bits per heavy atom. The van der Waals surface area contributed by atoms with Crippen molar-refractivity contribution in [2.75, 3.05) is 0 Å². The van der Waals surface area contributed by atoms with E-state index in [1.165, 1.54) is 0 Å².